The van der Waals surface area contributed by atoms with Crippen molar-refractivity contribution in [3.8, 4) is 5.75 Å². The molecular weight excluding hydrogens is 471 g/mol. The van der Waals surface area contributed by atoms with Crippen molar-refractivity contribution in [3.63, 3.8) is 0 Å². The molecule has 9 heteroatoms. The molecule has 0 aliphatic heterocycles. The third-order valence-electron chi connectivity index (χ3n) is 4.57. The summed E-state index contributed by atoms with van der Waals surface area (Å²) in [6.45, 7) is 3.67. The van der Waals surface area contributed by atoms with E-state index in [4.69, 9.17) is 27.9 Å². The van der Waals surface area contributed by atoms with E-state index in [0.29, 0.717) is 21.5 Å². The van der Waals surface area contributed by atoms with Crippen LogP contribution in [0, 0.1) is 0 Å². The zero-order chi connectivity index (χ0) is 23.3. The lowest BCUT2D eigenvalue weighted by Gasteiger charge is -2.17. The summed E-state index contributed by atoms with van der Waals surface area (Å²) >= 11 is 11.8. The quantitative estimate of drug-likeness (QED) is 0.418. The first-order chi connectivity index (χ1) is 15.2. The van der Waals surface area contributed by atoms with E-state index in [1.807, 2.05) is 31.2 Å². The number of para-hydroxylation sites is 1. The van der Waals surface area contributed by atoms with Crippen LogP contribution in [0.3, 0.4) is 0 Å². The Labute approximate surface area is 197 Å². The average Bonchev–Trinajstić information content (AvgIpc) is 2.73. The molecule has 3 rings (SSSR count). The number of hydrogen-bond acceptors (Lipinski definition) is 4. The van der Waals surface area contributed by atoms with Gasteiger partial charge < -0.3 is 10.1 Å². The highest BCUT2D eigenvalue weighted by atomic mass is 35.5. The lowest BCUT2D eigenvalue weighted by Crippen LogP contribution is -2.30. The molecule has 0 aliphatic rings. The van der Waals surface area contributed by atoms with E-state index in [-0.39, 0.29) is 16.5 Å². The summed E-state index contributed by atoms with van der Waals surface area (Å²) in [5, 5.41) is 3.35. The number of amides is 1. The minimum absolute atomic E-state index is 0.0211. The van der Waals surface area contributed by atoms with Gasteiger partial charge in [0.25, 0.3) is 15.9 Å². The highest BCUT2D eigenvalue weighted by molar-refractivity contribution is 7.92. The second-order valence-corrected chi connectivity index (χ2v) is 9.55. The fourth-order valence-corrected chi connectivity index (χ4v) is 4.51. The number of hydrogen-bond donors (Lipinski definition) is 2. The number of rotatable bonds is 8. The van der Waals surface area contributed by atoms with Crippen molar-refractivity contribution in [1.29, 1.82) is 0 Å². The van der Waals surface area contributed by atoms with E-state index in [9.17, 15) is 13.2 Å². The van der Waals surface area contributed by atoms with Gasteiger partial charge in [-0.1, -0.05) is 48.3 Å². The van der Waals surface area contributed by atoms with Crippen LogP contribution in [-0.2, 0) is 21.2 Å². The molecule has 0 bridgehead atoms. The molecule has 0 spiro atoms. The summed E-state index contributed by atoms with van der Waals surface area (Å²) in [6.07, 6.45) is 0.0518. The van der Waals surface area contributed by atoms with Gasteiger partial charge in [0.1, 0.15) is 5.75 Å². The number of halogens is 2. The van der Waals surface area contributed by atoms with Crippen molar-refractivity contribution >= 4 is 50.5 Å². The van der Waals surface area contributed by atoms with Gasteiger partial charge in [-0.2, -0.15) is 0 Å². The number of nitrogens with one attached hydrogen (secondary N) is 2. The van der Waals surface area contributed by atoms with Crippen molar-refractivity contribution in [2.45, 2.75) is 31.3 Å². The second kappa shape index (κ2) is 10.3. The number of sulfonamides is 1. The van der Waals surface area contributed by atoms with E-state index in [0.717, 1.165) is 12.0 Å². The molecule has 32 heavy (non-hydrogen) atoms. The van der Waals surface area contributed by atoms with Gasteiger partial charge in [0, 0.05) is 15.7 Å². The zero-order valence-electron chi connectivity index (χ0n) is 17.4. The Kier molecular flexibility index (Phi) is 7.66. The molecule has 6 nitrogen and oxygen atoms in total. The van der Waals surface area contributed by atoms with E-state index >= 15 is 0 Å². The summed E-state index contributed by atoms with van der Waals surface area (Å²) < 4.78 is 33.5. The number of benzene rings is 3. The largest absolute Gasteiger partial charge is 0.481 e. The lowest BCUT2D eigenvalue weighted by atomic mass is 10.1. The molecule has 3 aromatic rings. The van der Waals surface area contributed by atoms with Gasteiger partial charge in [0.2, 0.25) is 0 Å². The molecule has 0 aliphatic carbocycles. The second-order valence-electron chi connectivity index (χ2n) is 7.00. The third kappa shape index (κ3) is 6.16. The summed E-state index contributed by atoms with van der Waals surface area (Å²) in [6, 6.07) is 17.7. The van der Waals surface area contributed by atoms with Crippen LogP contribution in [0.15, 0.2) is 71.6 Å². The van der Waals surface area contributed by atoms with Crippen LogP contribution in [0.25, 0.3) is 0 Å². The maximum Gasteiger partial charge on any atom is 0.265 e. The van der Waals surface area contributed by atoms with Gasteiger partial charge in [-0.05, 0) is 67.4 Å². The minimum Gasteiger partial charge on any atom is -0.481 e. The molecule has 0 saturated carbocycles. The zero-order valence-corrected chi connectivity index (χ0v) is 19.8. The van der Waals surface area contributed by atoms with Gasteiger partial charge >= 0.3 is 0 Å². The predicted octanol–water partition coefficient (Wildman–Crippen LogP) is 5.76. The van der Waals surface area contributed by atoms with Crippen LogP contribution in [0.5, 0.6) is 5.75 Å². The molecular formula is C23H22Cl2N2O4S. The molecule has 0 heterocycles. The number of carbonyl (C=O) groups is 1. The predicted molar refractivity (Wildman–Crippen MR) is 128 cm³/mol. The Morgan fingerprint density at radius 1 is 0.969 bits per heavy atom. The molecule has 1 amide bonds. The van der Waals surface area contributed by atoms with Crippen molar-refractivity contribution in [2.24, 2.45) is 0 Å². The van der Waals surface area contributed by atoms with Gasteiger partial charge in [-0.15, -0.1) is 0 Å². The monoisotopic (exact) mass is 492 g/mol. The topological polar surface area (TPSA) is 84.5 Å². The number of ether oxygens (including phenoxy) is 1. The number of anilines is 2. The van der Waals surface area contributed by atoms with Crippen LogP contribution in [0.2, 0.25) is 10.0 Å². The van der Waals surface area contributed by atoms with Crippen LogP contribution < -0.4 is 14.8 Å². The van der Waals surface area contributed by atoms with Crippen molar-refractivity contribution in [2.75, 3.05) is 10.0 Å². The summed E-state index contributed by atoms with van der Waals surface area (Å²) in [5.74, 6) is 0.310. The van der Waals surface area contributed by atoms with E-state index in [2.05, 4.69) is 10.0 Å². The normalized spacial score (nSPS) is 12.1. The van der Waals surface area contributed by atoms with E-state index < -0.39 is 16.1 Å². The van der Waals surface area contributed by atoms with E-state index in [1.165, 1.54) is 42.5 Å². The highest BCUT2D eigenvalue weighted by Gasteiger charge is 2.18. The Bertz CT molecular complexity index is 1190. The number of aryl methyl sites for hydroxylation is 1. The van der Waals surface area contributed by atoms with E-state index in [1.54, 1.807) is 6.92 Å². The molecule has 0 aromatic heterocycles. The first kappa shape index (κ1) is 23.9. The SMILES string of the molecule is CCc1ccccc1O[C@@H](C)C(=O)Nc1ccc(S(=O)(=O)Nc2cc(Cl)cc(Cl)c2)cc1. The molecule has 2 N–H and O–H groups in total. The standard InChI is InChI=1S/C23H22Cl2N2O4S/c1-3-16-6-4-5-7-22(16)31-15(2)23(28)26-19-8-10-21(11-9-19)32(29,30)27-20-13-17(24)12-18(25)14-20/h4-15,27H,3H2,1-2H3,(H,26,28)/t15-/m0/s1. The van der Waals surface area contributed by atoms with Gasteiger partial charge in [-0.3, -0.25) is 9.52 Å². The Morgan fingerprint density at radius 3 is 2.22 bits per heavy atom. The summed E-state index contributed by atoms with van der Waals surface area (Å²) in [5.41, 5.74) is 1.70. The fraction of sp³-hybridized carbons (Fsp3) is 0.174. The molecule has 1 atom stereocenters. The number of carbonyl (C=O) groups excluding carboxylic acids is 1. The summed E-state index contributed by atoms with van der Waals surface area (Å²) in [4.78, 5) is 12.5. The van der Waals surface area contributed by atoms with Gasteiger partial charge in [0.05, 0.1) is 10.6 Å². The Morgan fingerprint density at radius 2 is 1.59 bits per heavy atom. The first-order valence-corrected chi connectivity index (χ1v) is 12.1. The molecule has 0 unspecified atom stereocenters. The molecule has 0 fully saturated rings. The van der Waals surface area contributed by atoms with Crippen LogP contribution in [-0.4, -0.2) is 20.4 Å². The Hall–Kier alpha value is -2.74. The third-order valence-corrected chi connectivity index (χ3v) is 6.41. The van der Waals surface area contributed by atoms with Gasteiger partial charge in [0.15, 0.2) is 6.10 Å². The Balaban J connectivity index is 1.66. The molecule has 0 radical (unpaired) electrons. The smallest absolute Gasteiger partial charge is 0.265 e. The van der Waals surface area contributed by atoms with Crippen LogP contribution >= 0.6 is 23.2 Å². The highest BCUT2D eigenvalue weighted by Crippen LogP contribution is 2.25. The molecule has 3 aromatic carbocycles. The van der Waals surface area contributed by atoms with Gasteiger partial charge in [-0.25, -0.2) is 8.42 Å². The molecule has 0 saturated heterocycles. The maximum atomic E-state index is 12.6. The van der Waals surface area contributed by atoms with Crippen molar-refractivity contribution in [1.82, 2.24) is 0 Å². The average molecular weight is 493 g/mol. The van der Waals surface area contributed by atoms with Crippen LogP contribution in [0.4, 0.5) is 11.4 Å². The molecule has 168 valence electrons. The first-order valence-electron chi connectivity index (χ1n) is 9.82. The van der Waals surface area contributed by atoms with Crippen LogP contribution in [0.1, 0.15) is 19.4 Å². The summed E-state index contributed by atoms with van der Waals surface area (Å²) in [7, 11) is -3.86. The van der Waals surface area contributed by atoms with Crippen molar-refractivity contribution < 1.29 is 17.9 Å². The van der Waals surface area contributed by atoms with Crippen molar-refractivity contribution in [3.05, 3.63) is 82.3 Å². The lowest BCUT2D eigenvalue weighted by molar-refractivity contribution is -0.122. The maximum absolute atomic E-state index is 12.6. The minimum atomic E-state index is -3.86. The fourth-order valence-electron chi connectivity index (χ4n) is 2.94.